The van der Waals surface area contributed by atoms with Gasteiger partial charge >= 0.3 is 0 Å². The van der Waals surface area contributed by atoms with E-state index in [-0.39, 0.29) is 11.9 Å². The van der Waals surface area contributed by atoms with Gasteiger partial charge < -0.3 is 10.6 Å². The van der Waals surface area contributed by atoms with Crippen LogP contribution in [-0.4, -0.2) is 29.0 Å². The molecule has 0 aliphatic rings. The molecule has 0 spiro atoms. The monoisotopic (exact) mass is 180 g/mol. The molecule has 0 aliphatic carbocycles. The van der Waals surface area contributed by atoms with Crippen molar-refractivity contribution in [1.82, 2.24) is 15.3 Å². The van der Waals surface area contributed by atoms with Gasteiger partial charge in [-0.2, -0.15) is 0 Å². The van der Waals surface area contributed by atoms with Crippen LogP contribution in [0.1, 0.15) is 6.92 Å². The Kier molecular flexibility index (Phi) is 3.19. The normalized spacial score (nSPS) is 11.8. The van der Waals surface area contributed by atoms with E-state index >= 15 is 0 Å². The van der Waals surface area contributed by atoms with Crippen molar-refractivity contribution in [2.75, 3.05) is 12.4 Å². The van der Waals surface area contributed by atoms with Gasteiger partial charge in [-0.05, 0) is 6.92 Å². The van der Waals surface area contributed by atoms with Gasteiger partial charge in [0, 0.05) is 19.4 Å². The predicted molar refractivity (Wildman–Crippen MR) is 49.2 cm³/mol. The molecule has 2 N–H and O–H groups in total. The Morgan fingerprint density at radius 3 is 2.85 bits per heavy atom. The van der Waals surface area contributed by atoms with Gasteiger partial charge in [-0.25, -0.2) is 4.98 Å². The number of hydrogen-bond donors (Lipinski definition) is 2. The van der Waals surface area contributed by atoms with Crippen molar-refractivity contribution >= 4 is 11.7 Å². The molecule has 1 amide bonds. The molecule has 0 radical (unpaired) electrons. The lowest BCUT2D eigenvalue weighted by Gasteiger charge is -2.11. The average Bonchev–Trinajstić information content (AvgIpc) is 2.18. The summed E-state index contributed by atoms with van der Waals surface area (Å²) in [5.41, 5.74) is 0. The zero-order chi connectivity index (χ0) is 9.68. The van der Waals surface area contributed by atoms with Crippen molar-refractivity contribution in [2.45, 2.75) is 13.0 Å². The summed E-state index contributed by atoms with van der Waals surface area (Å²) >= 11 is 0. The van der Waals surface area contributed by atoms with E-state index in [1.165, 1.54) is 0 Å². The minimum atomic E-state index is -0.304. The second-order valence-electron chi connectivity index (χ2n) is 2.57. The second kappa shape index (κ2) is 4.39. The molecule has 1 aromatic rings. The number of aromatic nitrogens is 2. The average molecular weight is 180 g/mol. The summed E-state index contributed by atoms with van der Waals surface area (Å²) in [5, 5.41) is 5.44. The van der Waals surface area contributed by atoms with Crippen molar-refractivity contribution in [2.24, 2.45) is 0 Å². The third kappa shape index (κ3) is 2.70. The molecular weight excluding hydrogens is 168 g/mol. The number of likely N-dealkylation sites (N-methyl/N-ethyl adjacent to an activating group) is 1. The Hall–Kier alpha value is -1.65. The number of carbonyl (C=O) groups excluding carboxylic acids is 1. The minimum absolute atomic E-state index is 0.0781. The van der Waals surface area contributed by atoms with Crippen LogP contribution in [0.2, 0.25) is 0 Å². The molecule has 70 valence electrons. The van der Waals surface area contributed by atoms with Gasteiger partial charge in [0.05, 0.1) is 6.20 Å². The number of nitrogens with zero attached hydrogens (tertiary/aromatic N) is 2. The summed E-state index contributed by atoms with van der Waals surface area (Å²) in [5.74, 6) is 0.518. The van der Waals surface area contributed by atoms with Crippen LogP contribution in [0.15, 0.2) is 18.6 Å². The Balaban J connectivity index is 2.55. The van der Waals surface area contributed by atoms with Gasteiger partial charge in [-0.3, -0.25) is 9.78 Å². The first-order valence-electron chi connectivity index (χ1n) is 3.98. The zero-order valence-electron chi connectivity index (χ0n) is 7.61. The molecule has 0 aliphatic heterocycles. The number of nitrogens with one attached hydrogen (secondary N) is 2. The van der Waals surface area contributed by atoms with Gasteiger partial charge in [0.15, 0.2) is 0 Å². The molecule has 0 saturated carbocycles. The molecule has 1 atom stereocenters. The Morgan fingerprint density at radius 2 is 2.31 bits per heavy atom. The van der Waals surface area contributed by atoms with E-state index in [1.807, 2.05) is 0 Å². The molecule has 13 heavy (non-hydrogen) atoms. The molecule has 1 aromatic heterocycles. The lowest BCUT2D eigenvalue weighted by molar-refractivity contribution is -0.121. The van der Waals surface area contributed by atoms with Gasteiger partial charge in [0.1, 0.15) is 11.9 Å². The largest absolute Gasteiger partial charge is 0.357 e. The van der Waals surface area contributed by atoms with Crippen molar-refractivity contribution in [3.8, 4) is 0 Å². The lowest BCUT2D eigenvalue weighted by Crippen LogP contribution is -2.35. The van der Waals surface area contributed by atoms with E-state index in [4.69, 9.17) is 0 Å². The third-order valence-electron chi connectivity index (χ3n) is 1.57. The maximum absolute atomic E-state index is 11.1. The fourth-order valence-corrected chi connectivity index (χ4v) is 0.878. The van der Waals surface area contributed by atoms with Crippen molar-refractivity contribution in [3.05, 3.63) is 18.6 Å². The number of rotatable bonds is 3. The molecular formula is C8H12N4O. The molecule has 0 fully saturated rings. The Bertz CT molecular complexity index is 275. The van der Waals surface area contributed by atoms with Crippen LogP contribution in [0.3, 0.4) is 0 Å². The second-order valence-corrected chi connectivity index (χ2v) is 2.57. The van der Waals surface area contributed by atoms with Gasteiger partial charge in [0.2, 0.25) is 5.91 Å². The topological polar surface area (TPSA) is 66.9 Å². The number of amides is 1. The Labute approximate surface area is 76.6 Å². The van der Waals surface area contributed by atoms with E-state index in [9.17, 15) is 4.79 Å². The number of hydrogen-bond acceptors (Lipinski definition) is 4. The number of anilines is 1. The first kappa shape index (κ1) is 9.44. The lowest BCUT2D eigenvalue weighted by atomic mass is 10.3. The van der Waals surface area contributed by atoms with E-state index in [1.54, 1.807) is 32.6 Å². The first-order valence-corrected chi connectivity index (χ1v) is 3.98. The summed E-state index contributed by atoms with van der Waals surface area (Å²) in [6.07, 6.45) is 4.72. The van der Waals surface area contributed by atoms with Crippen molar-refractivity contribution in [3.63, 3.8) is 0 Å². The van der Waals surface area contributed by atoms with E-state index in [0.29, 0.717) is 5.82 Å². The zero-order valence-corrected chi connectivity index (χ0v) is 7.61. The van der Waals surface area contributed by atoms with Gasteiger partial charge in [-0.1, -0.05) is 0 Å². The van der Waals surface area contributed by atoms with Crippen LogP contribution in [0.4, 0.5) is 5.82 Å². The van der Waals surface area contributed by atoms with E-state index < -0.39 is 0 Å². The van der Waals surface area contributed by atoms with Crippen LogP contribution in [-0.2, 0) is 4.79 Å². The first-order chi connectivity index (χ1) is 6.24. The molecule has 0 bridgehead atoms. The standard InChI is InChI=1S/C8H12N4O/c1-6(8(13)9-2)12-7-5-10-3-4-11-7/h3-6H,1-2H3,(H,9,13)(H,11,12)/t6-/m0/s1. The molecule has 0 unspecified atom stereocenters. The summed E-state index contributed by atoms with van der Waals surface area (Å²) in [6.45, 7) is 1.76. The maximum atomic E-state index is 11.1. The quantitative estimate of drug-likeness (QED) is 0.688. The smallest absolute Gasteiger partial charge is 0.241 e. The highest BCUT2D eigenvalue weighted by Crippen LogP contribution is 1.99. The molecule has 0 saturated heterocycles. The summed E-state index contributed by atoms with van der Waals surface area (Å²) in [6, 6.07) is -0.304. The highest BCUT2D eigenvalue weighted by atomic mass is 16.2. The molecule has 5 nitrogen and oxygen atoms in total. The third-order valence-corrected chi connectivity index (χ3v) is 1.57. The molecule has 0 aromatic carbocycles. The fourth-order valence-electron chi connectivity index (χ4n) is 0.878. The highest BCUT2D eigenvalue weighted by Gasteiger charge is 2.09. The summed E-state index contributed by atoms with van der Waals surface area (Å²) in [4.78, 5) is 18.9. The van der Waals surface area contributed by atoms with Crippen LogP contribution in [0, 0.1) is 0 Å². The summed E-state index contributed by atoms with van der Waals surface area (Å²) < 4.78 is 0. The van der Waals surface area contributed by atoms with Crippen LogP contribution < -0.4 is 10.6 Å². The van der Waals surface area contributed by atoms with Gasteiger partial charge in [0.25, 0.3) is 0 Å². The van der Waals surface area contributed by atoms with Gasteiger partial charge in [-0.15, -0.1) is 0 Å². The van der Waals surface area contributed by atoms with E-state index in [2.05, 4.69) is 20.6 Å². The fraction of sp³-hybridized carbons (Fsp3) is 0.375. The highest BCUT2D eigenvalue weighted by molar-refractivity contribution is 5.83. The van der Waals surface area contributed by atoms with Crippen molar-refractivity contribution in [1.29, 1.82) is 0 Å². The predicted octanol–water partition coefficient (Wildman–Crippen LogP) is 0.0230. The Morgan fingerprint density at radius 1 is 1.54 bits per heavy atom. The van der Waals surface area contributed by atoms with Crippen LogP contribution >= 0.6 is 0 Å². The van der Waals surface area contributed by atoms with Crippen LogP contribution in [0.5, 0.6) is 0 Å². The van der Waals surface area contributed by atoms with E-state index in [0.717, 1.165) is 0 Å². The number of carbonyl (C=O) groups is 1. The van der Waals surface area contributed by atoms with Crippen LogP contribution in [0.25, 0.3) is 0 Å². The molecule has 1 heterocycles. The minimum Gasteiger partial charge on any atom is -0.357 e. The molecule has 5 heteroatoms. The van der Waals surface area contributed by atoms with Crippen molar-refractivity contribution < 1.29 is 4.79 Å². The maximum Gasteiger partial charge on any atom is 0.241 e. The molecule has 1 rings (SSSR count). The summed E-state index contributed by atoms with van der Waals surface area (Å²) in [7, 11) is 1.59. The SMILES string of the molecule is CNC(=O)[C@H](C)Nc1cnccn1.